The normalized spacial score (nSPS) is 10.2. The van der Waals surface area contributed by atoms with Crippen molar-refractivity contribution in [2.24, 2.45) is 0 Å². The SMILES string of the molecule is CCOc1ccc(NC(=O)c2ccnc(Nc3cc(Cl)ccc3OC)n2)cc1. The van der Waals surface area contributed by atoms with Crippen LogP contribution < -0.4 is 20.1 Å². The van der Waals surface area contributed by atoms with Crippen LogP contribution >= 0.6 is 11.6 Å². The minimum atomic E-state index is -0.354. The molecule has 0 atom stereocenters. The predicted octanol–water partition coefficient (Wildman–Crippen LogP) is 4.53. The number of nitrogens with one attached hydrogen (secondary N) is 2. The van der Waals surface area contributed by atoms with Gasteiger partial charge in [0.05, 0.1) is 19.4 Å². The predicted molar refractivity (Wildman–Crippen MR) is 109 cm³/mol. The lowest BCUT2D eigenvalue weighted by molar-refractivity contribution is 0.102. The van der Waals surface area contributed by atoms with E-state index in [0.29, 0.717) is 28.8 Å². The molecule has 1 aromatic heterocycles. The Labute approximate surface area is 167 Å². The highest BCUT2D eigenvalue weighted by molar-refractivity contribution is 6.31. The van der Waals surface area contributed by atoms with Gasteiger partial charge in [0.2, 0.25) is 5.95 Å². The Morgan fingerprint density at radius 2 is 1.93 bits per heavy atom. The molecule has 3 aromatic rings. The van der Waals surface area contributed by atoms with Gasteiger partial charge in [-0.15, -0.1) is 0 Å². The van der Waals surface area contributed by atoms with Crippen molar-refractivity contribution in [2.45, 2.75) is 6.92 Å². The van der Waals surface area contributed by atoms with Crippen LogP contribution in [0.2, 0.25) is 5.02 Å². The molecule has 1 heterocycles. The average Bonchev–Trinajstić information content (AvgIpc) is 2.70. The number of anilines is 3. The average molecular weight is 399 g/mol. The topological polar surface area (TPSA) is 85.4 Å². The molecule has 2 aromatic carbocycles. The van der Waals surface area contributed by atoms with Gasteiger partial charge in [0.1, 0.15) is 17.2 Å². The second-order valence-electron chi connectivity index (χ2n) is 5.65. The highest BCUT2D eigenvalue weighted by Crippen LogP contribution is 2.29. The molecular weight excluding hydrogens is 380 g/mol. The van der Waals surface area contributed by atoms with Crippen molar-refractivity contribution < 1.29 is 14.3 Å². The smallest absolute Gasteiger partial charge is 0.274 e. The molecule has 0 spiro atoms. The molecule has 144 valence electrons. The van der Waals surface area contributed by atoms with Crippen molar-refractivity contribution in [3.05, 3.63) is 65.4 Å². The fraction of sp³-hybridized carbons (Fsp3) is 0.150. The maximum atomic E-state index is 12.5. The van der Waals surface area contributed by atoms with Gasteiger partial charge in [-0.2, -0.15) is 0 Å². The van der Waals surface area contributed by atoms with Gasteiger partial charge >= 0.3 is 0 Å². The summed E-state index contributed by atoms with van der Waals surface area (Å²) in [5.41, 5.74) is 1.45. The summed E-state index contributed by atoms with van der Waals surface area (Å²) in [5.74, 6) is 1.22. The van der Waals surface area contributed by atoms with Gasteiger partial charge in [0.15, 0.2) is 0 Å². The second-order valence-corrected chi connectivity index (χ2v) is 6.08. The Hall–Kier alpha value is -3.32. The third-order valence-electron chi connectivity index (χ3n) is 3.72. The van der Waals surface area contributed by atoms with Gasteiger partial charge in [-0.1, -0.05) is 11.6 Å². The Morgan fingerprint density at radius 1 is 1.14 bits per heavy atom. The quantitative estimate of drug-likeness (QED) is 0.608. The molecule has 0 bridgehead atoms. The summed E-state index contributed by atoms with van der Waals surface area (Å²) >= 11 is 6.03. The third kappa shape index (κ3) is 4.89. The molecule has 0 unspecified atom stereocenters. The van der Waals surface area contributed by atoms with Crippen LogP contribution in [0.3, 0.4) is 0 Å². The Kier molecular flexibility index (Phi) is 6.29. The molecule has 28 heavy (non-hydrogen) atoms. The van der Waals surface area contributed by atoms with Crippen molar-refractivity contribution in [1.82, 2.24) is 9.97 Å². The third-order valence-corrected chi connectivity index (χ3v) is 3.95. The molecule has 0 aliphatic carbocycles. The highest BCUT2D eigenvalue weighted by Gasteiger charge is 2.11. The van der Waals surface area contributed by atoms with Crippen LogP contribution in [0.25, 0.3) is 0 Å². The first-order valence-corrected chi connectivity index (χ1v) is 8.94. The number of ether oxygens (including phenoxy) is 2. The minimum absolute atomic E-state index is 0.215. The number of nitrogens with zero attached hydrogens (tertiary/aromatic N) is 2. The Bertz CT molecular complexity index is 964. The number of carbonyl (C=O) groups excluding carboxylic acids is 1. The van der Waals surface area contributed by atoms with E-state index in [1.807, 2.05) is 6.92 Å². The molecule has 2 N–H and O–H groups in total. The van der Waals surface area contributed by atoms with Gasteiger partial charge in [0, 0.05) is 16.9 Å². The first kappa shape index (κ1) is 19.4. The van der Waals surface area contributed by atoms with Crippen molar-refractivity contribution in [2.75, 3.05) is 24.4 Å². The first-order chi connectivity index (χ1) is 13.6. The fourth-order valence-electron chi connectivity index (χ4n) is 2.44. The summed E-state index contributed by atoms with van der Waals surface area (Å²) < 4.78 is 10.7. The number of halogens is 1. The zero-order valence-electron chi connectivity index (χ0n) is 15.4. The van der Waals surface area contributed by atoms with E-state index in [4.69, 9.17) is 21.1 Å². The van der Waals surface area contributed by atoms with E-state index in [1.54, 1.807) is 49.6 Å². The van der Waals surface area contributed by atoms with Crippen molar-refractivity contribution in [3.8, 4) is 11.5 Å². The van der Waals surface area contributed by atoms with Crippen molar-refractivity contribution in [1.29, 1.82) is 0 Å². The van der Waals surface area contributed by atoms with E-state index in [2.05, 4.69) is 20.6 Å². The molecule has 0 fully saturated rings. The van der Waals surface area contributed by atoms with Gasteiger partial charge in [-0.25, -0.2) is 9.97 Å². The number of carbonyl (C=O) groups is 1. The maximum absolute atomic E-state index is 12.5. The first-order valence-electron chi connectivity index (χ1n) is 8.57. The number of hydrogen-bond donors (Lipinski definition) is 2. The number of benzene rings is 2. The molecule has 8 heteroatoms. The molecule has 1 amide bonds. The molecule has 0 saturated heterocycles. The number of hydrogen-bond acceptors (Lipinski definition) is 6. The van der Waals surface area contributed by atoms with E-state index in [0.717, 1.165) is 5.75 Å². The summed E-state index contributed by atoms with van der Waals surface area (Å²) in [7, 11) is 1.55. The van der Waals surface area contributed by atoms with Crippen LogP contribution in [-0.2, 0) is 0 Å². The summed E-state index contributed by atoms with van der Waals surface area (Å²) in [5, 5.41) is 6.34. The summed E-state index contributed by atoms with van der Waals surface area (Å²) in [6.07, 6.45) is 1.50. The highest BCUT2D eigenvalue weighted by atomic mass is 35.5. The lowest BCUT2D eigenvalue weighted by Crippen LogP contribution is -2.14. The van der Waals surface area contributed by atoms with E-state index < -0.39 is 0 Å². The zero-order chi connectivity index (χ0) is 19.9. The van der Waals surface area contributed by atoms with Crippen LogP contribution in [0.4, 0.5) is 17.3 Å². The molecule has 0 saturated carbocycles. The number of amides is 1. The van der Waals surface area contributed by atoms with Crippen molar-refractivity contribution in [3.63, 3.8) is 0 Å². The van der Waals surface area contributed by atoms with Gasteiger partial charge in [-0.05, 0) is 55.5 Å². The second kappa shape index (κ2) is 9.05. The van der Waals surface area contributed by atoms with Crippen LogP contribution in [0.15, 0.2) is 54.7 Å². The number of methoxy groups -OCH3 is 1. The van der Waals surface area contributed by atoms with E-state index in [1.165, 1.54) is 12.3 Å². The lowest BCUT2D eigenvalue weighted by atomic mass is 10.3. The summed E-state index contributed by atoms with van der Waals surface area (Å²) in [6, 6.07) is 13.8. The van der Waals surface area contributed by atoms with Crippen LogP contribution in [0, 0.1) is 0 Å². The number of aromatic nitrogens is 2. The van der Waals surface area contributed by atoms with Crippen LogP contribution in [0.5, 0.6) is 11.5 Å². The molecule has 0 aliphatic heterocycles. The molecular formula is C20H19ClN4O3. The Balaban J connectivity index is 1.73. The molecule has 0 aliphatic rings. The minimum Gasteiger partial charge on any atom is -0.495 e. The fourth-order valence-corrected chi connectivity index (χ4v) is 2.61. The van der Waals surface area contributed by atoms with Gasteiger partial charge < -0.3 is 20.1 Å². The van der Waals surface area contributed by atoms with Crippen LogP contribution in [-0.4, -0.2) is 29.6 Å². The summed E-state index contributed by atoms with van der Waals surface area (Å²) in [4.78, 5) is 20.9. The molecule has 3 rings (SSSR count). The molecule has 7 nitrogen and oxygen atoms in total. The zero-order valence-corrected chi connectivity index (χ0v) is 16.2. The maximum Gasteiger partial charge on any atom is 0.274 e. The van der Waals surface area contributed by atoms with Gasteiger partial charge in [0.25, 0.3) is 5.91 Å². The lowest BCUT2D eigenvalue weighted by Gasteiger charge is -2.11. The summed E-state index contributed by atoms with van der Waals surface area (Å²) in [6.45, 7) is 2.50. The monoisotopic (exact) mass is 398 g/mol. The largest absolute Gasteiger partial charge is 0.495 e. The van der Waals surface area contributed by atoms with E-state index in [9.17, 15) is 4.79 Å². The Morgan fingerprint density at radius 3 is 2.64 bits per heavy atom. The molecule has 0 radical (unpaired) electrons. The van der Waals surface area contributed by atoms with Gasteiger partial charge in [-0.3, -0.25) is 4.79 Å². The standard InChI is InChI=1S/C20H19ClN4O3/c1-3-28-15-7-5-14(6-8-15)23-19(26)16-10-11-22-20(24-16)25-17-12-13(21)4-9-18(17)27-2/h4-12H,3H2,1-2H3,(H,23,26)(H,22,24,25). The van der Waals surface area contributed by atoms with Crippen molar-refractivity contribution >= 4 is 34.8 Å². The van der Waals surface area contributed by atoms with E-state index >= 15 is 0 Å². The number of rotatable bonds is 7. The van der Waals surface area contributed by atoms with Crippen LogP contribution in [0.1, 0.15) is 17.4 Å². The van der Waals surface area contributed by atoms with E-state index in [-0.39, 0.29) is 17.5 Å².